The van der Waals surface area contributed by atoms with Gasteiger partial charge in [-0.3, -0.25) is 9.79 Å². The van der Waals surface area contributed by atoms with E-state index in [1.165, 1.54) is 129 Å². The van der Waals surface area contributed by atoms with Crippen LogP contribution in [-0.4, -0.2) is 49.7 Å². The molecule has 0 rings (SSSR count). The molecule has 1 unspecified atom stereocenters. The van der Waals surface area contributed by atoms with Crippen LogP contribution in [0, 0.1) is 5.92 Å². The summed E-state index contributed by atoms with van der Waals surface area (Å²) in [6.45, 7) is 13.3. The van der Waals surface area contributed by atoms with E-state index >= 15 is 0 Å². The Morgan fingerprint density at radius 1 is 0.667 bits per heavy atom. The number of hydrogen-bond acceptors (Lipinski definition) is 3. The largest absolute Gasteiger partial charge is 0.367 e. The molecule has 0 saturated carbocycles. The van der Waals surface area contributed by atoms with Crippen molar-refractivity contribution in [2.45, 2.75) is 156 Å². The first kappa shape index (κ1) is 35.1. The summed E-state index contributed by atoms with van der Waals surface area (Å²) in [5.41, 5.74) is 0. The van der Waals surface area contributed by atoms with Gasteiger partial charge < -0.3 is 10.2 Å². The Balaban J connectivity index is 4.04. The maximum atomic E-state index is 11.9. The number of aliphatic imine (C=N–C) groups is 1. The van der Waals surface area contributed by atoms with Crippen molar-refractivity contribution >= 4 is 11.6 Å². The Kier molecular flexibility index (Phi) is 26.5. The molecule has 0 spiro atoms. The van der Waals surface area contributed by atoms with E-state index in [9.17, 15) is 4.79 Å². The normalized spacial score (nSPS) is 12.9. The summed E-state index contributed by atoms with van der Waals surface area (Å²) in [5, 5.41) is 3.25. The van der Waals surface area contributed by atoms with Crippen LogP contribution in [0.4, 0.5) is 0 Å². The molecular weight excluding hydrogens is 442 g/mol. The second kappa shape index (κ2) is 27.1. The zero-order valence-corrected chi connectivity index (χ0v) is 25.4. The van der Waals surface area contributed by atoms with E-state index in [0.717, 1.165) is 25.4 Å². The average Bonchev–Trinajstić information content (AvgIpc) is 2.90. The summed E-state index contributed by atoms with van der Waals surface area (Å²) in [5.74, 6) is 1.63. The highest BCUT2D eigenvalue weighted by Crippen LogP contribution is 2.21. The summed E-state index contributed by atoms with van der Waals surface area (Å²) in [7, 11) is 1.70. The summed E-state index contributed by atoms with van der Waals surface area (Å²) in [6.07, 6.45) is 26.7. The molecule has 0 aliphatic heterocycles. The molecule has 0 aromatic carbocycles. The molecule has 1 N–H and O–H groups in total. The Labute approximate surface area is 226 Å². The van der Waals surface area contributed by atoms with Gasteiger partial charge >= 0.3 is 0 Å². The maximum absolute atomic E-state index is 11.9. The van der Waals surface area contributed by atoms with E-state index in [0.29, 0.717) is 12.3 Å². The Hall–Kier alpha value is -0.900. The molecule has 0 aromatic heterocycles. The molecule has 0 aliphatic carbocycles. The molecule has 36 heavy (non-hydrogen) atoms. The van der Waals surface area contributed by atoms with Crippen molar-refractivity contribution in [2.24, 2.45) is 10.9 Å². The van der Waals surface area contributed by atoms with Crippen LogP contribution in [-0.2, 0) is 4.79 Å². The number of ketones is 1. The van der Waals surface area contributed by atoms with Gasteiger partial charge in [-0.25, -0.2) is 0 Å². The molecule has 4 heteroatoms. The van der Waals surface area contributed by atoms with Gasteiger partial charge in [0.25, 0.3) is 0 Å². The molecule has 0 fully saturated rings. The van der Waals surface area contributed by atoms with Crippen LogP contribution < -0.4 is 5.32 Å². The van der Waals surface area contributed by atoms with Crippen molar-refractivity contribution in [1.29, 1.82) is 0 Å². The van der Waals surface area contributed by atoms with Crippen LogP contribution in [0.25, 0.3) is 0 Å². The number of unbranched alkanes of at least 4 members (excludes halogenated alkanes) is 12. The SMILES string of the molecule is CCCCCCCCC(CC)CCCCCCCN(CCCCCC)CCCNC(=NC)C(=O)CC. The van der Waals surface area contributed by atoms with Crippen molar-refractivity contribution in [2.75, 3.05) is 33.2 Å². The first-order valence-electron chi connectivity index (χ1n) is 16.1. The molecule has 0 aliphatic rings. The number of rotatable bonds is 27. The van der Waals surface area contributed by atoms with Crippen molar-refractivity contribution in [3.05, 3.63) is 0 Å². The lowest BCUT2D eigenvalue weighted by Crippen LogP contribution is -2.34. The lowest BCUT2D eigenvalue weighted by Gasteiger charge is -2.22. The van der Waals surface area contributed by atoms with Crippen LogP contribution in [0.2, 0.25) is 0 Å². The average molecular weight is 508 g/mol. The molecule has 0 saturated heterocycles. The third-order valence-corrected chi connectivity index (χ3v) is 7.71. The number of Topliss-reactive ketones (excluding diaryl/α,β-unsaturated/α-hetero) is 1. The number of nitrogens with one attached hydrogen (secondary N) is 1. The van der Waals surface area contributed by atoms with Gasteiger partial charge in [0, 0.05) is 20.0 Å². The number of nitrogens with zero attached hydrogens (tertiary/aromatic N) is 2. The highest BCUT2D eigenvalue weighted by molar-refractivity contribution is 6.38. The summed E-state index contributed by atoms with van der Waals surface area (Å²) >= 11 is 0. The van der Waals surface area contributed by atoms with Gasteiger partial charge in [0.2, 0.25) is 0 Å². The number of carbonyl (C=O) groups is 1. The molecular formula is C32H65N3O. The molecule has 0 bridgehead atoms. The van der Waals surface area contributed by atoms with Crippen molar-refractivity contribution in [3.63, 3.8) is 0 Å². The molecule has 214 valence electrons. The predicted molar refractivity (Wildman–Crippen MR) is 161 cm³/mol. The predicted octanol–water partition coefficient (Wildman–Crippen LogP) is 8.97. The minimum Gasteiger partial charge on any atom is -0.367 e. The minimum absolute atomic E-state index is 0.113. The number of hydrogen-bond donors (Lipinski definition) is 1. The van der Waals surface area contributed by atoms with Crippen LogP contribution in [0.15, 0.2) is 4.99 Å². The first-order chi connectivity index (χ1) is 17.6. The van der Waals surface area contributed by atoms with Gasteiger partial charge in [0.05, 0.1) is 0 Å². The van der Waals surface area contributed by atoms with Crippen molar-refractivity contribution in [3.8, 4) is 0 Å². The van der Waals surface area contributed by atoms with Crippen molar-refractivity contribution in [1.82, 2.24) is 10.2 Å². The van der Waals surface area contributed by atoms with Gasteiger partial charge in [-0.2, -0.15) is 0 Å². The summed E-state index contributed by atoms with van der Waals surface area (Å²) < 4.78 is 0. The van der Waals surface area contributed by atoms with E-state index in [1.807, 2.05) is 6.92 Å². The highest BCUT2D eigenvalue weighted by atomic mass is 16.1. The van der Waals surface area contributed by atoms with Crippen LogP contribution in [0.5, 0.6) is 0 Å². The second-order valence-electron chi connectivity index (χ2n) is 10.9. The van der Waals surface area contributed by atoms with Crippen LogP contribution >= 0.6 is 0 Å². The monoisotopic (exact) mass is 508 g/mol. The number of carbonyl (C=O) groups excluding carboxylic acids is 1. The maximum Gasteiger partial charge on any atom is 0.197 e. The van der Waals surface area contributed by atoms with E-state index < -0.39 is 0 Å². The first-order valence-corrected chi connectivity index (χ1v) is 16.1. The molecule has 4 nitrogen and oxygen atoms in total. The standard InChI is InChI=1S/C32H65N3O/c1-6-10-12-14-16-19-24-30(8-3)25-20-17-15-18-22-28-35(27-21-13-11-7-2)29-23-26-34-32(33-5)31(36)9-4/h30H,6-29H2,1-5H3,(H,33,34). The fourth-order valence-corrected chi connectivity index (χ4v) is 5.14. The van der Waals surface area contributed by atoms with Crippen LogP contribution in [0.1, 0.15) is 156 Å². The lowest BCUT2D eigenvalue weighted by molar-refractivity contribution is -0.112. The Morgan fingerprint density at radius 3 is 1.64 bits per heavy atom. The van der Waals surface area contributed by atoms with Gasteiger partial charge in [-0.05, 0) is 44.8 Å². The summed E-state index contributed by atoms with van der Waals surface area (Å²) in [4.78, 5) is 18.6. The fraction of sp³-hybridized carbons (Fsp3) is 0.938. The topological polar surface area (TPSA) is 44.7 Å². The van der Waals surface area contributed by atoms with Crippen LogP contribution in [0.3, 0.4) is 0 Å². The minimum atomic E-state index is 0.113. The second-order valence-corrected chi connectivity index (χ2v) is 10.9. The molecule has 0 amide bonds. The van der Waals surface area contributed by atoms with Gasteiger partial charge in [-0.15, -0.1) is 0 Å². The molecule has 0 heterocycles. The molecule has 0 aromatic rings. The third-order valence-electron chi connectivity index (χ3n) is 7.71. The van der Waals surface area contributed by atoms with E-state index in [1.54, 1.807) is 7.05 Å². The Bertz CT molecular complexity index is 506. The van der Waals surface area contributed by atoms with Crippen molar-refractivity contribution < 1.29 is 4.79 Å². The highest BCUT2D eigenvalue weighted by Gasteiger charge is 2.09. The smallest absolute Gasteiger partial charge is 0.197 e. The zero-order chi connectivity index (χ0) is 26.7. The van der Waals surface area contributed by atoms with Gasteiger partial charge in [0.15, 0.2) is 11.6 Å². The summed E-state index contributed by atoms with van der Waals surface area (Å²) in [6, 6.07) is 0. The lowest BCUT2D eigenvalue weighted by atomic mass is 9.92. The van der Waals surface area contributed by atoms with E-state index in [-0.39, 0.29) is 5.78 Å². The van der Waals surface area contributed by atoms with Gasteiger partial charge in [-0.1, -0.05) is 130 Å². The molecule has 1 atom stereocenters. The van der Waals surface area contributed by atoms with E-state index in [2.05, 4.69) is 36.0 Å². The number of amidine groups is 1. The fourth-order valence-electron chi connectivity index (χ4n) is 5.14. The third kappa shape index (κ3) is 21.2. The quantitative estimate of drug-likeness (QED) is 0.0685. The van der Waals surface area contributed by atoms with E-state index in [4.69, 9.17) is 0 Å². The molecule has 0 radical (unpaired) electrons. The Morgan fingerprint density at radius 2 is 1.14 bits per heavy atom. The van der Waals surface area contributed by atoms with Gasteiger partial charge in [0.1, 0.15) is 0 Å². The zero-order valence-electron chi connectivity index (χ0n) is 25.4.